The lowest BCUT2D eigenvalue weighted by molar-refractivity contribution is -0.132. The summed E-state index contributed by atoms with van der Waals surface area (Å²) >= 11 is 1.62. The Labute approximate surface area is 76.5 Å². The van der Waals surface area contributed by atoms with Gasteiger partial charge in [-0.3, -0.25) is 0 Å². The van der Waals surface area contributed by atoms with Gasteiger partial charge >= 0.3 is 5.97 Å². The first-order chi connectivity index (χ1) is 5.68. The Hall–Kier alpha value is -0.480. The number of aliphatic hydroxyl groups is 1. The zero-order valence-electron chi connectivity index (χ0n) is 7.12. The third-order valence-electron chi connectivity index (χ3n) is 1.29. The van der Waals surface area contributed by atoms with E-state index in [4.69, 9.17) is 10.2 Å². The SMILES string of the molecule is CC(=CCSCCCO)C(=O)O. The lowest BCUT2D eigenvalue weighted by Crippen LogP contribution is -1.96. The van der Waals surface area contributed by atoms with E-state index in [0.29, 0.717) is 11.3 Å². The molecule has 0 heterocycles. The van der Waals surface area contributed by atoms with Crippen molar-refractivity contribution in [3.63, 3.8) is 0 Å². The van der Waals surface area contributed by atoms with Crippen molar-refractivity contribution in [2.75, 3.05) is 18.1 Å². The van der Waals surface area contributed by atoms with E-state index in [1.807, 2.05) is 0 Å². The molecule has 0 unspecified atom stereocenters. The standard InChI is InChI=1S/C8H14O3S/c1-7(8(10)11)3-6-12-5-2-4-9/h3,9H,2,4-6H2,1H3,(H,10,11). The summed E-state index contributed by atoms with van der Waals surface area (Å²) in [6.07, 6.45) is 2.45. The predicted octanol–water partition coefficient (Wildman–Crippen LogP) is 1.13. The molecule has 0 aromatic rings. The van der Waals surface area contributed by atoms with Gasteiger partial charge in [0.1, 0.15) is 0 Å². The maximum absolute atomic E-state index is 10.3. The highest BCUT2D eigenvalue weighted by Gasteiger charge is 1.97. The molecular weight excluding hydrogens is 176 g/mol. The summed E-state index contributed by atoms with van der Waals surface area (Å²) in [5.74, 6) is 0.718. The predicted molar refractivity (Wildman–Crippen MR) is 50.4 cm³/mol. The van der Waals surface area contributed by atoms with Gasteiger partial charge in [-0.15, -0.1) is 0 Å². The number of carboxylic acids is 1. The lowest BCUT2D eigenvalue weighted by Gasteiger charge is -1.95. The van der Waals surface area contributed by atoms with Crippen molar-refractivity contribution in [2.45, 2.75) is 13.3 Å². The summed E-state index contributed by atoms with van der Waals surface area (Å²) < 4.78 is 0. The van der Waals surface area contributed by atoms with Crippen LogP contribution in [0.25, 0.3) is 0 Å². The molecule has 0 aliphatic heterocycles. The molecule has 3 nitrogen and oxygen atoms in total. The number of hydrogen-bond donors (Lipinski definition) is 2. The van der Waals surface area contributed by atoms with E-state index in [9.17, 15) is 4.79 Å². The number of carbonyl (C=O) groups is 1. The second kappa shape index (κ2) is 7.18. The van der Waals surface area contributed by atoms with E-state index >= 15 is 0 Å². The molecule has 4 heteroatoms. The molecule has 0 spiro atoms. The topological polar surface area (TPSA) is 57.5 Å². The summed E-state index contributed by atoms with van der Waals surface area (Å²) in [5, 5.41) is 16.9. The van der Waals surface area contributed by atoms with Crippen molar-refractivity contribution >= 4 is 17.7 Å². The lowest BCUT2D eigenvalue weighted by atomic mass is 10.3. The molecular formula is C8H14O3S. The van der Waals surface area contributed by atoms with E-state index in [1.165, 1.54) is 0 Å². The molecule has 70 valence electrons. The Morgan fingerprint density at radius 3 is 2.75 bits per heavy atom. The highest BCUT2D eigenvalue weighted by molar-refractivity contribution is 7.99. The molecule has 0 saturated heterocycles. The number of rotatable bonds is 6. The van der Waals surface area contributed by atoms with Gasteiger partial charge in [0.15, 0.2) is 0 Å². The van der Waals surface area contributed by atoms with Gasteiger partial charge in [-0.05, 0) is 19.1 Å². The van der Waals surface area contributed by atoms with Gasteiger partial charge < -0.3 is 10.2 Å². The average molecular weight is 190 g/mol. The third kappa shape index (κ3) is 6.24. The number of carboxylic acid groups (broad SMARTS) is 1. The van der Waals surface area contributed by atoms with Gasteiger partial charge in [0.2, 0.25) is 0 Å². The van der Waals surface area contributed by atoms with Crippen LogP contribution >= 0.6 is 11.8 Å². The molecule has 0 rings (SSSR count). The Bertz CT molecular complexity index is 166. The summed E-state index contributed by atoms with van der Waals surface area (Å²) in [7, 11) is 0. The van der Waals surface area contributed by atoms with Crippen LogP contribution in [0.3, 0.4) is 0 Å². The molecule has 0 aliphatic rings. The summed E-state index contributed by atoms with van der Waals surface area (Å²) in [6.45, 7) is 1.78. The molecule has 0 aromatic heterocycles. The minimum Gasteiger partial charge on any atom is -0.478 e. The third-order valence-corrected chi connectivity index (χ3v) is 2.27. The molecule has 0 aliphatic carbocycles. The molecule has 0 radical (unpaired) electrons. The van der Waals surface area contributed by atoms with Crippen LogP contribution in [0, 0.1) is 0 Å². The van der Waals surface area contributed by atoms with Crippen LogP contribution in [0.15, 0.2) is 11.6 Å². The molecule has 12 heavy (non-hydrogen) atoms. The van der Waals surface area contributed by atoms with Crippen LogP contribution < -0.4 is 0 Å². The minimum atomic E-state index is -0.863. The molecule has 0 atom stereocenters. The van der Waals surface area contributed by atoms with Gasteiger partial charge in [0.05, 0.1) is 0 Å². The smallest absolute Gasteiger partial charge is 0.330 e. The van der Waals surface area contributed by atoms with Crippen LogP contribution in [-0.4, -0.2) is 34.3 Å². The fraction of sp³-hybridized carbons (Fsp3) is 0.625. The van der Waals surface area contributed by atoms with Crippen LogP contribution in [0.1, 0.15) is 13.3 Å². The molecule has 0 saturated carbocycles. The van der Waals surface area contributed by atoms with Crippen LogP contribution in [0.4, 0.5) is 0 Å². The van der Waals surface area contributed by atoms with Gasteiger partial charge in [-0.25, -0.2) is 4.79 Å². The number of hydrogen-bond acceptors (Lipinski definition) is 3. The number of aliphatic carboxylic acids is 1. The number of thioether (sulfide) groups is 1. The first-order valence-corrected chi connectivity index (χ1v) is 4.92. The van der Waals surface area contributed by atoms with Crippen molar-refractivity contribution < 1.29 is 15.0 Å². The Morgan fingerprint density at radius 1 is 1.58 bits per heavy atom. The molecule has 0 bridgehead atoms. The van der Waals surface area contributed by atoms with Gasteiger partial charge in [-0.1, -0.05) is 6.08 Å². The van der Waals surface area contributed by atoms with E-state index in [1.54, 1.807) is 24.8 Å². The van der Waals surface area contributed by atoms with E-state index in [2.05, 4.69) is 0 Å². The van der Waals surface area contributed by atoms with Crippen molar-refractivity contribution in [3.8, 4) is 0 Å². The molecule has 0 aromatic carbocycles. The van der Waals surface area contributed by atoms with Crippen molar-refractivity contribution in [2.24, 2.45) is 0 Å². The maximum Gasteiger partial charge on any atom is 0.330 e. The quantitative estimate of drug-likeness (QED) is 0.487. The van der Waals surface area contributed by atoms with Crippen molar-refractivity contribution in [3.05, 3.63) is 11.6 Å². The summed E-state index contributed by atoms with van der Waals surface area (Å²) in [6, 6.07) is 0. The number of aliphatic hydroxyl groups excluding tert-OH is 1. The first kappa shape index (κ1) is 11.5. The average Bonchev–Trinajstić information content (AvgIpc) is 2.03. The molecule has 0 amide bonds. The van der Waals surface area contributed by atoms with Crippen LogP contribution in [0.5, 0.6) is 0 Å². The maximum atomic E-state index is 10.3. The van der Waals surface area contributed by atoms with Crippen molar-refractivity contribution in [1.82, 2.24) is 0 Å². The fourth-order valence-electron chi connectivity index (χ4n) is 0.521. The molecule has 0 fully saturated rings. The highest BCUT2D eigenvalue weighted by Crippen LogP contribution is 2.04. The zero-order valence-corrected chi connectivity index (χ0v) is 7.93. The molecule has 2 N–H and O–H groups in total. The van der Waals surface area contributed by atoms with E-state index in [0.717, 1.165) is 12.2 Å². The van der Waals surface area contributed by atoms with Crippen LogP contribution in [0.2, 0.25) is 0 Å². The van der Waals surface area contributed by atoms with Gasteiger partial charge in [-0.2, -0.15) is 11.8 Å². The fourth-order valence-corrected chi connectivity index (χ4v) is 1.39. The van der Waals surface area contributed by atoms with Gasteiger partial charge in [0, 0.05) is 17.9 Å². The summed E-state index contributed by atoms with van der Waals surface area (Å²) in [5.41, 5.74) is 0.381. The van der Waals surface area contributed by atoms with Crippen LogP contribution in [-0.2, 0) is 4.79 Å². The zero-order chi connectivity index (χ0) is 9.40. The van der Waals surface area contributed by atoms with Crippen molar-refractivity contribution in [1.29, 1.82) is 0 Å². The second-order valence-corrected chi connectivity index (χ2v) is 3.49. The monoisotopic (exact) mass is 190 g/mol. The normalized spacial score (nSPS) is 11.7. The largest absolute Gasteiger partial charge is 0.478 e. The Balaban J connectivity index is 3.40. The first-order valence-electron chi connectivity index (χ1n) is 3.77. The minimum absolute atomic E-state index is 0.203. The Morgan fingerprint density at radius 2 is 2.25 bits per heavy atom. The van der Waals surface area contributed by atoms with E-state index in [-0.39, 0.29) is 6.61 Å². The summed E-state index contributed by atoms with van der Waals surface area (Å²) in [4.78, 5) is 10.3. The highest BCUT2D eigenvalue weighted by atomic mass is 32.2. The van der Waals surface area contributed by atoms with Gasteiger partial charge in [0.25, 0.3) is 0 Å². The van der Waals surface area contributed by atoms with E-state index < -0.39 is 5.97 Å². The second-order valence-electron chi connectivity index (χ2n) is 2.34. The Kier molecular flexibility index (Phi) is 6.90.